The van der Waals surface area contributed by atoms with Gasteiger partial charge >= 0.3 is 0 Å². The summed E-state index contributed by atoms with van der Waals surface area (Å²) in [5.41, 5.74) is 1.61. The van der Waals surface area contributed by atoms with Gasteiger partial charge in [0.1, 0.15) is 5.69 Å². The van der Waals surface area contributed by atoms with E-state index in [1.54, 1.807) is 28.7 Å². The normalized spacial score (nSPS) is 24.6. The molecule has 0 aromatic carbocycles. The zero-order valence-electron chi connectivity index (χ0n) is 17.6. The maximum absolute atomic E-state index is 13.4. The minimum Gasteiger partial charge on any atom is -0.373 e. The second-order valence-corrected chi connectivity index (χ2v) is 8.10. The van der Waals surface area contributed by atoms with Gasteiger partial charge in [0.25, 0.3) is 5.91 Å². The molecule has 29 heavy (non-hydrogen) atoms. The quantitative estimate of drug-likeness (QED) is 0.737. The smallest absolute Gasteiger partial charge is 0.272 e. The maximum Gasteiger partial charge on any atom is 0.272 e. The average molecular weight is 402 g/mol. The summed E-state index contributed by atoms with van der Waals surface area (Å²) in [4.78, 5) is 20.1. The van der Waals surface area contributed by atoms with E-state index in [1.807, 2.05) is 24.3 Å². The highest BCUT2D eigenvalue weighted by Gasteiger charge is 2.39. The highest BCUT2D eigenvalue weighted by atomic mass is 16.5. The molecule has 2 atom stereocenters. The van der Waals surface area contributed by atoms with E-state index in [0.29, 0.717) is 18.8 Å². The zero-order valence-corrected chi connectivity index (χ0v) is 17.6. The number of aryl methyl sites for hydroxylation is 2. The first-order valence-corrected chi connectivity index (χ1v) is 10.3. The summed E-state index contributed by atoms with van der Waals surface area (Å²) in [5.74, 6) is -0.0113. The van der Waals surface area contributed by atoms with Crippen LogP contribution in [0, 0.1) is 0 Å². The summed E-state index contributed by atoms with van der Waals surface area (Å²) in [5, 5.41) is 8.53. The van der Waals surface area contributed by atoms with Crippen LogP contribution in [0.5, 0.6) is 0 Å². The molecule has 9 heteroatoms. The molecule has 0 spiro atoms. The summed E-state index contributed by atoms with van der Waals surface area (Å²) < 4.78 is 9.67. The molecule has 2 fully saturated rings. The minimum atomic E-state index is -0.166. The van der Waals surface area contributed by atoms with Gasteiger partial charge < -0.3 is 14.5 Å². The van der Waals surface area contributed by atoms with Gasteiger partial charge in [-0.25, -0.2) is 0 Å². The summed E-state index contributed by atoms with van der Waals surface area (Å²) in [6, 6.07) is 1.61. The van der Waals surface area contributed by atoms with Crippen molar-refractivity contribution in [2.24, 2.45) is 14.1 Å². The third kappa shape index (κ3) is 4.36. The lowest BCUT2D eigenvalue weighted by Crippen LogP contribution is -2.52. The lowest BCUT2D eigenvalue weighted by molar-refractivity contribution is -0.0726. The Labute approximate surface area is 171 Å². The first-order chi connectivity index (χ1) is 14.0. The monoisotopic (exact) mass is 401 g/mol. The lowest BCUT2D eigenvalue weighted by Gasteiger charge is -2.42. The van der Waals surface area contributed by atoms with Crippen LogP contribution >= 0.6 is 0 Å². The third-order valence-corrected chi connectivity index (χ3v) is 5.97. The second-order valence-electron chi connectivity index (χ2n) is 8.10. The van der Waals surface area contributed by atoms with Crippen molar-refractivity contribution in [2.75, 3.05) is 52.9 Å². The van der Waals surface area contributed by atoms with Gasteiger partial charge in [0.05, 0.1) is 24.9 Å². The van der Waals surface area contributed by atoms with Gasteiger partial charge in [-0.2, -0.15) is 10.2 Å². The Morgan fingerprint density at radius 2 is 2.00 bits per heavy atom. The molecule has 0 bridgehead atoms. The molecule has 2 aliphatic rings. The number of rotatable bonds is 4. The number of morpholine rings is 1. The molecule has 2 aromatic heterocycles. The van der Waals surface area contributed by atoms with Gasteiger partial charge in [-0.1, -0.05) is 0 Å². The summed E-state index contributed by atoms with van der Waals surface area (Å²) >= 11 is 0. The molecule has 0 N–H and O–H groups in total. The largest absolute Gasteiger partial charge is 0.373 e. The minimum absolute atomic E-state index is 0.0113. The van der Waals surface area contributed by atoms with E-state index in [-0.39, 0.29) is 18.1 Å². The van der Waals surface area contributed by atoms with Gasteiger partial charge in [0.2, 0.25) is 0 Å². The SMILES string of the molecule is CN1CCCN(C[C@@H]2OCCN(C(=O)c3ccnn3C)[C@H]2c2cnn(C)c2)CC1. The van der Waals surface area contributed by atoms with E-state index < -0.39 is 0 Å². The molecule has 9 nitrogen and oxygen atoms in total. The van der Waals surface area contributed by atoms with Gasteiger partial charge in [0, 0.05) is 58.2 Å². The highest BCUT2D eigenvalue weighted by Crippen LogP contribution is 2.31. The topological polar surface area (TPSA) is 71.7 Å². The number of carbonyl (C=O) groups excluding carboxylic acids is 1. The Bertz CT molecular complexity index is 832. The standard InChI is InChI=1S/C20H31N7O2/c1-23-7-4-8-26(10-9-23)15-18-19(16-13-22-24(2)14-16)27(11-12-29-18)20(28)17-5-6-21-25(17)3/h5-6,13-14,18-19H,4,7-12,15H2,1-3H3/t18-,19-/m0/s1. The van der Waals surface area contributed by atoms with E-state index in [9.17, 15) is 4.79 Å². The highest BCUT2D eigenvalue weighted by molar-refractivity contribution is 5.93. The van der Waals surface area contributed by atoms with Crippen LogP contribution in [0.3, 0.4) is 0 Å². The number of aromatic nitrogens is 4. The third-order valence-electron chi connectivity index (χ3n) is 5.97. The molecule has 2 saturated heterocycles. The molecule has 4 heterocycles. The molecule has 1 amide bonds. The van der Waals surface area contributed by atoms with E-state index in [2.05, 4.69) is 27.0 Å². The number of ether oxygens (including phenoxy) is 1. The Morgan fingerprint density at radius 3 is 2.72 bits per heavy atom. The molecule has 0 saturated carbocycles. The second kappa shape index (κ2) is 8.64. The summed E-state index contributed by atoms with van der Waals surface area (Å²) in [6.07, 6.45) is 6.57. The van der Waals surface area contributed by atoms with Crippen LogP contribution < -0.4 is 0 Å². The summed E-state index contributed by atoms with van der Waals surface area (Å²) in [7, 11) is 5.88. The molecular weight excluding hydrogens is 370 g/mol. The van der Waals surface area contributed by atoms with Gasteiger partial charge in [-0.15, -0.1) is 0 Å². The van der Waals surface area contributed by atoms with Crippen molar-refractivity contribution in [2.45, 2.75) is 18.6 Å². The van der Waals surface area contributed by atoms with Crippen molar-refractivity contribution in [1.82, 2.24) is 34.3 Å². The van der Waals surface area contributed by atoms with Gasteiger partial charge in [0.15, 0.2) is 0 Å². The van der Waals surface area contributed by atoms with Gasteiger partial charge in [-0.3, -0.25) is 19.1 Å². The first-order valence-electron chi connectivity index (χ1n) is 10.3. The van der Waals surface area contributed by atoms with Crippen LogP contribution in [-0.2, 0) is 18.8 Å². The van der Waals surface area contributed by atoms with Crippen LogP contribution in [0.15, 0.2) is 24.7 Å². The maximum atomic E-state index is 13.4. The number of hydrogen-bond donors (Lipinski definition) is 0. The molecular formula is C20H31N7O2. The van der Waals surface area contributed by atoms with E-state index in [1.165, 1.54) is 0 Å². The average Bonchev–Trinajstić information content (AvgIpc) is 3.27. The fourth-order valence-electron chi connectivity index (χ4n) is 4.37. The Morgan fingerprint density at radius 1 is 1.14 bits per heavy atom. The Hall–Kier alpha value is -2.23. The molecule has 158 valence electrons. The first kappa shape index (κ1) is 20.1. The van der Waals surface area contributed by atoms with Crippen LogP contribution in [0.2, 0.25) is 0 Å². The number of nitrogens with zero attached hydrogens (tertiary/aromatic N) is 7. The summed E-state index contributed by atoms with van der Waals surface area (Å²) in [6.45, 7) is 6.16. The van der Waals surface area contributed by atoms with E-state index >= 15 is 0 Å². The van der Waals surface area contributed by atoms with Crippen molar-refractivity contribution >= 4 is 5.91 Å². The van der Waals surface area contributed by atoms with Crippen LogP contribution in [0.1, 0.15) is 28.5 Å². The molecule has 2 aromatic rings. The Kier molecular flexibility index (Phi) is 5.98. The molecule has 0 aliphatic carbocycles. The molecule has 0 unspecified atom stereocenters. The molecule has 2 aliphatic heterocycles. The van der Waals surface area contributed by atoms with E-state index in [4.69, 9.17) is 4.74 Å². The Balaban J connectivity index is 1.59. The van der Waals surface area contributed by atoms with Crippen molar-refractivity contribution in [3.8, 4) is 0 Å². The van der Waals surface area contributed by atoms with Crippen LogP contribution in [0.25, 0.3) is 0 Å². The number of carbonyl (C=O) groups is 1. The van der Waals surface area contributed by atoms with Crippen molar-refractivity contribution in [3.63, 3.8) is 0 Å². The molecule has 4 rings (SSSR count). The molecule has 0 radical (unpaired) electrons. The van der Waals surface area contributed by atoms with Crippen molar-refractivity contribution in [1.29, 1.82) is 0 Å². The fourth-order valence-corrected chi connectivity index (χ4v) is 4.37. The van der Waals surface area contributed by atoms with Crippen molar-refractivity contribution < 1.29 is 9.53 Å². The fraction of sp³-hybridized carbons (Fsp3) is 0.650. The van der Waals surface area contributed by atoms with Crippen LogP contribution in [0.4, 0.5) is 0 Å². The van der Waals surface area contributed by atoms with E-state index in [0.717, 1.165) is 44.7 Å². The number of likely N-dealkylation sites (N-methyl/N-ethyl adjacent to an activating group) is 1. The predicted octanol–water partition coefficient (Wildman–Crippen LogP) is 0.373. The number of amides is 1. The lowest BCUT2D eigenvalue weighted by atomic mass is 9.99. The zero-order chi connectivity index (χ0) is 20.4. The van der Waals surface area contributed by atoms with Gasteiger partial charge in [-0.05, 0) is 32.6 Å². The number of hydrogen-bond acceptors (Lipinski definition) is 6. The van der Waals surface area contributed by atoms with Crippen LogP contribution in [-0.4, -0.2) is 99.2 Å². The predicted molar refractivity (Wildman–Crippen MR) is 108 cm³/mol. The van der Waals surface area contributed by atoms with Crippen molar-refractivity contribution in [3.05, 3.63) is 35.9 Å².